The monoisotopic (exact) mass is 197 g/mol. The highest BCUT2D eigenvalue weighted by molar-refractivity contribution is 5.97. The zero-order chi connectivity index (χ0) is 10.9. The van der Waals surface area contributed by atoms with Gasteiger partial charge in [0, 0.05) is 25.0 Å². The highest BCUT2D eigenvalue weighted by Gasteiger charge is 2.32. The molecular formula is C11H19NO2. The highest BCUT2D eigenvalue weighted by Crippen LogP contribution is 2.35. The van der Waals surface area contributed by atoms with Crippen LogP contribution in [0.3, 0.4) is 0 Å². The normalized spacial score (nSPS) is 21.9. The molecule has 0 saturated carbocycles. The standard InChI is InChI=1S/C11H19NO2/c1-11(2)5-9(13)8(7-12(3)4)10(14)6-11/h13H,5-7H2,1-4H3. The van der Waals surface area contributed by atoms with Gasteiger partial charge >= 0.3 is 0 Å². The van der Waals surface area contributed by atoms with Gasteiger partial charge in [-0.05, 0) is 19.5 Å². The molecule has 0 amide bonds. The Morgan fingerprint density at radius 1 is 1.36 bits per heavy atom. The van der Waals surface area contributed by atoms with Crippen molar-refractivity contribution in [1.82, 2.24) is 4.90 Å². The van der Waals surface area contributed by atoms with E-state index in [9.17, 15) is 9.90 Å². The fourth-order valence-electron chi connectivity index (χ4n) is 1.82. The van der Waals surface area contributed by atoms with E-state index in [1.807, 2.05) is 32.8 Å². The molecule has 1 aliphatic rings. The number of Topliss-reactive ketones (excluding diaryl/α,β-unsaturated/α-hetero) is 1. The summed E-state index contributed by atoms with van der Waals surface area (Å²) in [6.45, 7) is 4.56. The number of aliphatic hydroxyl groups is 1. The van der Waals surface area contributed by atoms with Gasteiger partial charge < -0.3 is 10.0 Å². The summed E-state index contributed by atoms with van der Waals surface area (Å²) in [4.78, 5) is 13.6. The topological polar surface area (TPSA) is 40.5 Å². The van der Waals surface area contributed by atoms with E-state index >= 15 is 0 Å². The van der Waals surface area contributed by atoms with Crippen LogP contribution in [0.1, 0.15) is 26.7 Å². The van der Waals surface area contributed by atoms with E-state index in [-0.39, 0.29) is 17.0 Å². The molecule has 3 nitrogen and oxygen atoms in total. The van der Waals surface area contributed by atoms with E-state index in [0.717, 1.165) is 0 Å². The first-order chi connectivity index (χ1) is 6.32. The summed E-state index contributed by atoms with van der Waals surface area (Å²) in [5.41, 5.74) is 0.506. The number of nitrogens with zero attached hydrogens (tertiary/aromatic N) is 1. The fraction of sp³-hybridized carbons (Fsp3) is 0.727. The first-order valence-electron chi connectivity index (χ1n) is 4.91. The molecule has 0 aliphatic heterocycles. The van der Waals surface area contributed by atoms with Gasteiger partial charge in [-0.1, -0.05) is 13.8 Å². The minimum Gasteiger partial charge on any atom is -0.512 e. The lowest BCUT2D eigenvalue weighted by Gasteiger charge is -2.30. The van der Waals surface area contributed by atoms with E-state index in [0.29, 0.717) is 25.0 Å². The second-order valence-electron chi connectivity index (χ2n) is 5.10. The molecule has 80 valence electrons. The van der Waals surface area contributed by atoms with Crippen LogP contribution in [0.5, 0.6) is 0 Å². The Kier molecular flexibility index (Phi) is 3.00. The summed E-state index contributed by atoms with van der Waals surface area (Å²) < 4.78 is 0. The third kappa shape index (κ3) is 2.58. The molecule has 0 aromatic heterocycles. The Morgan fingerprint density at radius 3 is 2.36 bits per heavy atom. The van der Waals surface area contributed by atoms with Crippen LogP contribution in [0, 0.1) is 5.41 Å². The maximum Gasteiger partial charge on any atom is 0.164 e. The maximum absolute atomic E-state index is 11.7. The van der Waals surface area contributed by atoms with Crippen molar-refractivity contribution in [3.05, 3.63) is 11.3 Å². The van der Waals surface area contributed by atoms with Crippen LogP contribution in [0.25, 0.3) is 0 Å². The van der Waals surface area contributed by atoms with Crippen molar-refractivity contribution in [2.75, 3.05) is 20.6 Å². The summed E-state index contributed by atoms with van der Waals surface area (Å²) in [5.74, 6) is 0.368. The lowest BCUT2D eigenvalue weighted by molar-refractivity contribution is -0.118. The Hall–Kier alpha value is -0.830. The van der Waals surface area contributed by atoms with Crippen LogP contribution in [0.15, 0.2) is 11.3 Å². The second-order valence-corrected chi connectivity index (χ2v) is 5.10. The van der Waals surface area contributed by atoms with Crippen LogP contribution in [-0.2, 0) is 4.79 Å². The van der Waals surface area contributed by atoms with Crippen molar-refractivity contribution in [1.29, 1.82) is 0 Å². The quantitative estimate of drug-likeness (QED) is 0.733. The molecular weight excluding hydrogens is 178 g/mol. The molecule has 0 fully saturated rings. The number of hydrogen-bond acceptors (Lipinski definition) is 3. The summed E-state index contributed by atoms with van der Waals surface area (Å²) in [6, 6.07) is 0. The van der Waals surface area contributed by atoms with E-state index < -0.39 is 0 Å². The van der Waals surface area contributed by atoms with Gasteiger partial charge in [0.15, 0.2) is 5.78 Å². The fourth-order valence-corrected chi connectivity index (χ4v) is 1.82. The Bertz CT molecular complexity index is 277. The van der Waals surface area contributed by atoms with Gasteiger partial charge in [0.2, 0.25) is 0 Å². The molecule has 0 aromatic rings. The molecule has 14 heavy (non-hydrogen) atoms. The summed E-state index contributed by atoms with van der Waals surface area (Å²) in [5, 5.41) is 9.76. The molecule has 1 aliphatic carbocycles. The third-order valence-electron chi connectivity index (χ3n) is 2.44. The van der Waals surface area contributed by atoms with Gasteiger partial charge in [0.05, 0.1) is 0 Å². The van der Waals surface area contributed by atoms with Gasteiger partial charge in [0.25, 0.3) is 0 Å². The lowest BCUT2D eigenvalue weighted by atomic mass is 9.76. The van der Waals surface area contributed by atoms with Crippen LogP contribution >= 0.6 is 0 Å². The van der Waals surface area contributed by atoms with Crippen LogP contribution in [-0.4, -0.2) is 36.4 Å². The predicted molar refractivity (Wildman–Crippen MR) is 56.2 cm³/mol. The van der Waals surface area contributed by atoms with Gasteiger partial charge in [-0.3, -0.25) is 4.79 Å². The number of carbonyl (C=O) groups excluding carboxylic acids is 1. The number of rotatable bonds is 2. The zero-order valence-electron chi connectivity index (χ0n) is 9.42. The van der Waals surface area contributed by atoms with E-state index in [1.165, 1.54) is 0 Å². The summed E-state index contributed by atoms with van der Waals surface area (Å²) >= 11 is 0. The molecule has 0 unspecified atom stereocenters. The van der Waals surface area contributed by atoms with Crippen LogP contribution < -0.4 is 0 Å². The molecule has 0 spiro atoms. The first kappa shape index (κ1) is 11.2. The van der Waals surface area contributed by atoms with E-state index in [2.05, 4.69) is 0 Å². The molecule has 1 N–H and O–H groups in total. The van der Waals surface area contributed by atoms with Crippen molar-refractivity contribution in [3.8, 4) is 0 Å². The number of hydrogen-bond donors (Lipinski definition) is 1. The molecule has 0 bridgehead atoms. The van der Waals surface area contributed by atoms with Crippen LogP contribution in [0.2, 0.25) is 0 Å². The maximum atomic E-state index is 11.7. The highest BCUT2D eigenvalue weighted by atomic mass is 16.3. The van der Waals surface area contributed by atoms with Gasteiger partial charge in [-0.15, -0.1) is 0 Å². The van der Waals surface area contributed by atoms with Crippen molar-refractivity contribution < 1.29 is 9.90 Å². The second kappa shape index (κ2) is 3.73. The lowest BCUT2D eigenvalue weighted by Crippen LogP contribution is -2.30. The molecule has 0 aromatic carbocycles. The number of allylic oxidation sites excluding steroid dienone is 1. The third-order valence-corrected chi connectivity index (χ3v) is 2.44. The first-order valence-corrected chi connectivity index (χ1v) is 4.91. The van der Waals surface area contributed by atoms with Crippen molar-refractivity contribution >= 4 is 5.78 Å². The number of ketones is 1. The smallest absolute Gasteiger partial charge is 0.164 e. The number of likely N-dealkylation sites (N-methyl/N-ethyl adjacent to an activating group) is 1. The van der Waals surface area contributed by atoms with Crippen molar-refractivity contribution in [3.63, 3.8) is 0 Å². The minimum atomic E-state index is -0.0863. The molecule has 3 heteroatoms. The molecule has 0 heterocycles. The summed E-state index contributed by atoms with van der Waals surface area (Å²) in [7, 11) is 3.79. The number of carbonyl (C=O) groups is 1. The SMILES string of the molecule is CN(C)CC1=C(O)CC(C)(C)CC1=O. The average Bonchev–Trinajstić information content (AvgIpc) is 1.94. The van der Waals surface area contributed by atoms with Crippen molar-refractivity contribution in [2.24, 2.45) is 5.41 Å². The van der Waals surface area contributed by atoms with Gasteiger partial charge in [-0.2, -0.15) is 0 Å². The van der Waals surface area contributed by atoms with Crippen molar-refractivity contribution in [2.45, 2.75) is 26.7 Å². The van der Waals surface area contributed by atoms with Crippen LogP contribution in [0.4, 0.5) is 0 Å². The van der Waals surface area contributed by atoms with E-state index in [1.54, 1.807) is 0 Å². The summed E-state index contributed by atoms with van der Waals surface area (Å²) in [6.07, 6.45) is 1.15. The molecule has 0 radical (unpaired) electrons. The molecule has 0 atom stereocenters. The predicted octanol–water partition coefficient (Wildman–Crippen LogP) is 1.75. The minimum absolute atomic E-state index is 0.0863. The molecule has 1 rings (SSSR count). The Labute approximate surface area is 85.4 Å². The largest absolute Gasteiger partial charge is 0.512 e. The Balaban J connectivity index is 2.88. The van der Waals surface area contributed by atoms with Gasteiger partial charge in [0.1, 0.15) is 5.76 Å². The zero-order valence-corrected chi connectivity index (χ0v) is 9.42. The average molecular weight is 197 g/mol. The number of aliphatic hydroxyl groups excluding tert-OH is 1. The van der Waals surface area contributed by atoms with E-state index in [4.69, 9.17) is 0 Å². The molecule has 0 saturated heterocycles. The van der Waals surface area contributed by atoms with Gasteiger partial charge in [-0.25, -0.2) is 0 Å². The Morgan fingerprint density at radius 2 is 1.93 bits per heavy atom.